The molecular weight excluding hydrogens is 110 g/mol. The number of nitrogens with two attached hydrogens (primary N) is 1. The molecule has 0 radical (unpaired) electrons. The summed E-state index contributed by atoms with van der Waals surface area (Å²) in [6, 6.07) is 0. The average Bonchev–Trinajstić information content (AvgIpc) is 2.18. The van der Waals surface area contributed by atoms with Crippen molar-refractivity contribution in [3.05, 3.63) is 0 Å². The van der Waals surface area contributed by atoms with Gasteiger partial charge in [0.2, 0.25) is 0 Å². The smallest absolute Gasteiger partial charge is 0.0408 e. The molecule has 2 atom stereocenters. The van der Waals surface area contributed by atoms with Crippen molar-refractivity contribution in [2.45, 2.75) is 18.7 Å². The highest BCUT2D eigenvalue weighted by Crippen LogP contribution is 2.48. The Morgan fingerprint density at radius 2 is 2.43 bits per heavy atom. The number of halogens is 1. The SMILES string of the molecule is C[C@@]1(CN)C[C@H]1Cl. The molecule has 0 saturated heterocycles. The second-order valence-electron chi connectivity index (χ2n) is 2.53. The first-order chi connectivity index (χ1) is 3.19. The van der Waals surface area contributed by atoms with E-state index in [1.54, 1.807) is 0 Å². The van der Waals surface area contributed by atoms with Crippen LogP contribution in [0.4, 0.5) is 0 Å². The highest BCUT2D eigenvalue weighted by atomic mass is 35.5. The van der Waals surface area contributed by atoms with Crippen LogP contribution in [0.5, 0.6) is 0 Å². The monoisotopic (exact) mass is 119 g/mol. The summed E-state index contributed by atoms with van der Waals surface area (Å²) in [6.45, 7) is 2.85. The highest BCUT2D eigenvalue weighted by molar-refractivity contribution is 6.23. The molecule has 0 heterocycles. The van der Waals surface area contributed by atoms with Gasteiger partial charge in [0.25, 0.3) is 0 Å². The summed E-state index contributed by atoms with van der Waals surface area (Å²) in [5.41, 5.74) is 5.67. The molecule has 1 aliphatic carbocycles. The summed E-state index contributed by atoms with van der Waals surface area (Å²) in [4.78, 5) is 0. The largest absolute Gasteiger partial charge is 0.330 e. The van der Waals surface area contributed by atoms with Crippen LogP contribution in [-0.2, 0) is 0 Å². The van der Waals surface area contributed by atoms with Gasteiger partial charge in [0, 0.05) is 5.38 Å². The summed E-state index contributed by atoms with van der Waals surface area (Å²) in [5, 5.41) is 0.359. The Hall–Kier alpha value is 0.250. The fraction of sp³-hybridized carbons (Fsp3) is 1.00. The average molecular weight is 120 g/mol. The first-order valence-electron chi connectivity index (χ1n) is 2.53. The quantitative estimate of drug-likeness (QED) is 0.512. The molecular formula is C5H10ClN. The summed E-state index contributed by atoms with van der Waals surface area (Å²) in [7, 11) is 0. The van der Waals surface area contributed by atoms with E-state index in [9.17, 15) is 0 Å². The fourth-order valence-corrected chi connectivity index (χ4v) is 1.00. The lowest BCUT2D eigenvalue weighted by atomic mass is 10.1. The Balaban J connectivity index is 2.36. The molecule has 2 N–H and O–H groups in total. The molecule has 0 aromatic carbocycles. The molecule has 1 aliphatic rings. The van der Waals surface area contributed by atoms with Gasteiger partial charge in [-0.05, 0) is 18.4 Å². The summed E-state index contributed by atoms with van der Waals surface area (Å²) >= 11 is 5.71. The van der Waals surface area contributed by atoms with Crippen LogP contribution in [0.3, 0.4) is 0 Å². The van der Waals surface area contributed by atoms with E-state index in [1.807, 2.05) is 0 Å². The van der Waals surface area contributed by atoms with Gasteiger partial charge < -0.3 is 5.73 Å². The normalized spacial score (nSPS) is 49.3. The maximum atomic E-state index is 5.71. The number of rotatable bonds is 1. The second kappa shape index (κ2) is 1.36. The Kier molecular flexibility index (Phi) is 1.05. The zero-order valence-electron chi connectivity index (χ0n) is 4.45. The van der Waals surface area contributed by atoms with Crippen molar-refractivity contribution in [1.82, 2.24) is 0 Å². The molecule has 0 spiro atoms. The van der Waals surface area contributed by atoms with Crippen molar-refractivity contribution in [3.8, 4) is 0 Å². The van der Waals surface area contributed by atoms with Gasteiger partial charge in [-0.1, -0.05) is 6.92 Å². The van der Waals surface area contributed by atoms with E-state index < -0.39 is 0 Å². The van der Waals surface area contributed by atoms with Gasteiger partial charge in [-0.2, -0.15) is 0 Å². The van der Waals surface area contributed by atoms with Gasteiger partial charge in [-0.15, -0.1) is 11.6 Å². The molecule has 0 amide bonds. The van der Waals surface area contributed by atoms with Gasteiger partial charge in [0.15, 0.2) is 0 Å². The van der Waals surface area contributed by atoms with E-state index in [4.69, 9.17) is 17.3 Å². The molecule has 7 heavy (non-hydrogen) atoms. The predicted molar refractivity (Wildman–Crippen MR) is 31.4 cm³/mol. The van der Waals surface area contributed by atoms with Crippen molar-refractivity contribution in [2.24, 2.45) is 11.1 Å². The number of alkyl halides is 1. The van der Waals surface area contributed by atoms with E-state index in [0.717, 1.165) is 13.0 Å². The van der Waals surface area contributed by atoms with E-state index in [1.165, 1.54) is 0 Å². The predicted octanol–water partition coefficient (Wildman–Crippen LogP) is 0.963. The highest BCUT2D eigenvalue weighted by Gasteiger charge is 2.47. The van der Waals surface area contributed by atoms with Crippen LogP contribution in [0.1, 0.15) is 13.3 Å². The van der Waals surface area contributed by atoms with Gasteiger partial charge >= 0.3 is 0 Å². The van der Waals surface area contributed by atoms with Crippen molar-refractivity contribution in [1.29, 1.82) is 0 Å². The molecule has 0 unspecified atom stereocenters. The minimum Gasteiger partial charge on any atom is -0.330 e. The van der Waals surface area contributed by atoms with Crippen LogP contribution >= 0.6 is 11.6 Å². The van der Waals surface area contributed by atoms with E-state index in [0.29, 0.717) is 10.8 Å². The minimum absolute atomic E-state index is 0.293. The maximum Gasteiger partial charge on any atom is 0.0408 e. The molecule has 0 bridgehead atoms. The number of hydrogen-bond acceptors (Lipinski definition) is 1. The zero-order chi connectivity index (χ0) is 5.49. The lowest BCUT2D eigenvalue weighted by Gasteiger charge is -1.99. The molecule has 2 heteroatoms. The third-order valence-corrected chi connectivity index (χ3v) is 2.39. The Morgan fingerprint density at radius 3 is 2.43 bits per heavy atom. The van der Waals surface area contributed by atoms with Crippen LogP contribution in [0.25, 0.3) is 0 Å². The first kappa shape index (κ1) is 5.39. The number of hydrogen-bond donors (Lipinski definition) is 1. The second-order valence-corrected chi connectivity index (χ2v) is 3.06. The van der Waals surface area contributed by atoms with Crippen molar-refractivity contribution in [3.63, 3.8) is 0 Å². The fourth-order valence-electron chi connectivity index (χ4n) is 0.562. The minimum atomic E-state index is 0.293. The topological polar surface area (TPSA) is 26.0 Å². The van der Waals surface area contributed by atoms with Gasteiger partial charge in [0.05, 0.1) is 0 Å². The van der Waals surface area contributed by atoms with Gasteiger partial charge in [-0.25, -0.2) is 0 Å². The van der Waals surface area contributed by atoms with Crippen LogP contribution < -0.4 is 5.73 Å². The standard InChI is InChI=1S/C5H10ClN/c1-5(3-7)2-4(5)6/h4H,2-3,7H2,1H3/t4-,5+/m1/s1. The Bertz CT molecular complexity index is 80.1. The van der Waals surface area contributed by atoms with Crippen LogP contribution in [-0.4, -0.2) is 11.9 Å². The third-order valence-electron chi connectivity index (χ3n) is 1.71. The van der Waals surface area contributed by atoms with Gasteiger partial charge in [0.1, 0.15) is 0 Å². The van der Waals surface area contributed by atoms with Crippen molar-refractivity contribution in [2.75, 3.05) is 6.54 Å². The van der Waals surface area contributed by atoms with E-state index >= 15 is 0 Å². The Labute approximate surface area is 48.8 Å². The van der Waals surface area contributed by atoms with Crippen molar-refractivity contribution < 1.29 is 0 Å². The lowest BCUT2D eigenvalue weighted by molar-refractivity contribution is 0.591. The molecule has 1 fully saturated rings. The van der Waals surface area contributed by atoms with Crippen LogP contribution in [0, 0.1) is 5.41 Å². The molecule has 0 aromatic rings. The molecule has 0 aliphatic heterocycles. The first-order valence-corrected chi connectivity index (χ1v) is 2.97. The van der Waals surface area contributed by atoms with Crippen LogP contribution in [0.15, 0.2) is 0 Å². The summed E-state index contributed by atoms with van der Waals surface area (Å²) in [6.07, 6.45) is 1.10. The molecule has 1 saturated carbocycles. The molecule has 0 aromatic heterocycles. The third kappa shape index (κ3) is 0.752. The maximum absolute atomic E-state index is 5.71. The van der Waals surface area contributed by atoms with E-state index in [2.05, 4.69) is 6.92 Å². The van der Waals surface area contributed by atoms with E-state index in [-0.39, 0.29) is 0 Å². The zero-order valence-corrected chi connectivity index (χ0v) is 5.20. The molecule has 42 valence electrons. The molecule has 1 nitrogen and oxygen atoms in total. The summed E-state index contributed by atoms with van der Waals surface area (Å²) < 4.78 is 0. The molecule has 1 rings (SSSR count). The van der Waals surface area contributed by atoms with Crippen molar-refractivity contribution >= 4 is 11.6 Å². The summed E-state index contributed by atoms with van der Waals surface area (Å²) in [5.74, 6) is 0. The Morgan fingerprint density at radius 1 is 2.00 bits per heavy atom. The van der Waals surface area contributed by atoms with Gasteiger partial charge in [-0.3, -0.25) is 0 Å². The van der Waals surface area contributed by atoms with Crippen LogP contribution in [0.2, 0.25) is 0 Å². The lowest BCUT2D eigenvalue weighted by Crippen LogP contribution is -2.13.